The summed E-state index contributed by atoms with van der Waals surface area (Å²) in [4.78, 5) is 53.0. The van der Waals surface area contributed by atoms with Crippen molar-refractivity contribution in [2.24, 2.45) is 11.7 Å². The molecule has 1 aliphatic carbocycles. The van der Waals surface area contributed by atoms with Gasteiger partial charge in [0, 0.05) is 4.88 Å². The normalized spacial score (nSPS) is 19.9. The topological polar surface area (TPSA) is 122 Å². The first-order valence-electron chi connectivity index (χ1n) is 10.7. The fourth-order valence-corrected chi connectivity index (χ4v) is 5.93. The molecule has 4 N–H and O–H groups in total. The Morgan fingerprint density at radius 3 is 2.59 bits per heavy atom. The van der Waals surface area contributed by atoms with Gasteiger partial charge in [-0.15, -0.1) is 11.3 Å². The molecule has 0 radical (unpaired) electrons. The number of benzene rings is 1. The van der Waals surface area contributed by atoms with Crippen molar-refractivity contribution in [2.75, 3.05) is 11.9 Å². The van der Waals surface area contributed by atoms with E-state index in [1.54, 1.807) is 12.1 Å². The summed E-state index contributed by atoms with van der Waals surface area (Å²) in [6, 6.07) is 8.46. The van der Waals surface area contributed by atoms with Crippen LogP contribution in [0.3, 0.4) is 0 Å². The Balaban J connectivity index is 1.56. The lowest BCUT2D eigenvalue weighted by molar-refractivity contribution is -0.134. The first-order chi connectivity index (χ1) is 15.2. The molecule has 1 aromatic heterocycles. The van der Waals surface area contributed by atoms with Crippen LogP contribution in [0, 0.1) is 5.92 Å². The Hall–Kier alpha value is -3.20. The Morgan fingerprint density at radius 2 is 1.94 bits per heavy atom. The van der Waals surface area contributed by atoms with Crippen molar-refractivity contribution in [1.29, 1.82) is 0 Å². The highest BCUT2D eigenvalue weighted by Crippen LogP contribution is 2.39. The molecule has 32 heavy (non-hydrogen) atoms. The predicted molar refractivity (Wildman–Crippen MR) is 121 cm³/mol. The number of carbonyl (C=O) groups excluding carboxylic acids is 4. The van der Waals surface area contributed by atoms with Gasteiger partial charge in [-0.1, -0.05) is 44.2 Å². The van der Waals surface area contributed by atoms with E-state index in [1.807, 2.05) is 32.0 Å². The molecular formula is C23H26N4O4S. The monoisotopic (exact) mass is 454 g/mol. The zero-order valence-corrected chi connectivity index (χ0v) is 18.9. The van der Waals surface area contributed by atoms with Crippen molar-refractivity contribution in [3.63, 3.8) is 0 Å². The van der Waals surface area contributed by atoms with Gasteiger partial charge in [-0.25, -0.2) is 4.79 Å². The Kier molecular flexibility index (Phi) is 5.77. The molecule has 1 unspecified atom stereocenters. The Labute approximate surface area is 190 Å². The largest absolute Gasteiger partial charge is 0.365 e. The number of aryl methyl sites for hydroxylation is 1. The third-order valence-electron chi connectivity index (χ3n) is 5.88. The van der Waals surface area contributed by atoms with Crippen LogP contribution in [0.1, 0.15) is 53.1 Å². The van der Waals surface area contributed by atoms with Crippen LogP contribution < -0.4 is 16.4 Å². The number of amides is 5. The second-order valence-corrected chi connectivity index (χ2v) is 9.77. The van der Waals surface area contributed by atoms with Crippen LogP contribution >= 0.6 is 11.3 Å². The number of nitrogens with two attached hydrogens (primary N) is 1. The quantitative estimate of drug-likeness (QED) is 0.557. The van der Waals surface area contributed by atoms with Crippen molar-refractivity contribution in [2.45, 2.75) is 45.1 Å². The molecule has 0 saturated carbocycles. The minimum absolute atomic E-state index is 0.125. The highest BCUT2D eigenvalue weighted by molar-refractivity contribution is 7.17. The third-order valence-corrected chi connectivity index (χ3v) is 7.09. The molecular weight excluding hydrogens is 428 g/mol. The first-order valence-corrected chi connectivity index (χ1v) is 11.5. The summed E-state index contributed by atoms with van der Waals surface area (Å²) < 4.78 is 0. The average Bonchev–Trinajstić information content (AvgIpc) is 3.37. The zero-order valence-electron chi connectivity index (χ0n) is 18.1. The number of nitrogens with one attached hydrogen (secondary N) is 2. The van der Waals surface area contributed by atoms with Gasteiger partial charge in [0.1, 0.15) is 17.1 Å². The fraction of sp³-hybridized carbons (Fsp3) is 0.391. The minimum Gasteiger partial charge on any atom is -0.365 e. The van der Waals surface area contributed by atoms with Crippen molar-refractivity contribution in [3.8, 4) is 0 Å². The average molecular weight is 455 g/mol. The van der Waals surface area contributed by atoms with E-state index in [0.717, 1.165) is 34.6 Å². The molecule has 5 amide bonds. The highest BCUT2D eigenvalue weighted by atomic mass is 32.1. The van der Waals surface area contributed by atoms with Crippen molar-refractivity contribution in [1.82, 2.24) is 10.2 Å². The number of hydrogen-bond donors (Lipinski definition) is 3. The number of fused-ring (bicyclic) bond motifs is 1. The lowest BCUT2D eigenvalue weighted by Gasteiger charge is -2.29. The second-order valence-electron chi connectivity index (χ2n) is 8.66. The number of anilines is 1. The predicted octanol–water partition coefficient (Wildman–Crippen LogP) is 2.77. The molecule has 2 aliphatic rings. The van der Waals surface area contributed by atoms with E-state index in [1.165, 1.54) is 11.3 Å². The summed E-state index contributed by atoms with van der Waals surface area (Å²) in [5, 5.41) is 5.92. The van der Waals surface area contributed by atoms with E-state index >= 15 is 0 Å². The van der Waals surface area contributed by atoms with Crippen LogP contribution in [0.5, 0.6) is 0 Å². The lowest BCUT2D eigenvalue weighted by atomic mass is 9.82. The zero-order chi connectivity index (χ0) is 23.0. The molecule has 2 aromatic rings. The van der Waals surface area contributed by atoms with Gasteiger partial charge in [-0.05, 0) is 42.7 Å². The van der Waals surface area contributed by atoms with E-state index < -0.39 is 35.8 Å². The second kappa shape index (κ2) is 8.38. The number of hydrogen-bond acceptors (Lipinski definition) is 5. The molecule has 1 aliphatic heterocycles. The Bertz CT molecular complexity index is 1090. The standard InChI is InChI=1S/C23H26N4O4S/c1-13(2)11-23(14-7-4-3-5-8-14)21(30)27(22(31)26-23)12-17(28)25-20-18(19(24)29)15-9-6-10-16(15)32-20/h3-5,7-8,13H,6,9-12H2,1-2H3,(H2,24,29)(H,25,28)(H,26,31). The van der Waals surface area contributed by atoms with Crippen LogP contribution in [0.2, 0.25) is 0 Å². The number of urea groups is 1. The number of rotatable bonds is 7. The molecule has 168 valence electrons. The molecule has 1 fully saturated rings. The molecule has 4 rings (SSSR count). The van der Waals surface area contributed by atoms with Gasteiger partial charge in [-0.2, -0.15) is 0 Å². The molecule has 9 heteroatoms. The van der Waals surface area contributed by atoms with E-state index in [-0.39, 0.29) is 5.92 Å². The van der Waals surface area contributed by atoms with Crippen LogP contribution in [0.4, 0.5) is 9.80 Å². The Morgan fingerprint density at radius 1 is 1.22 bits per heavy atom. The van der Waals surface area contributed by atoms with Gasteiger partial charge in [0.2, 0.25) is 5.91 Å². The number of imide groups is 1. The van der Waals surface area contributed by atoms with Crippen LogP contribution in [-0.2, 0) is 28.0 Å². The fourth-order valence-electron chi connectivity index (χ4n) is 4.62. The van der Waals surface area contributed by atoms with Gasteiger partial charge in [-0.3, -0.25) is 19.3 Å². The van der Waals surface area contributed by atoms with Gasteiger partial charge >= 0.3 is 6.03 Å². The number of primary amides is 1. The SMILES string of the molecule is CC(C)CC1(c2ccccc2)NC(=O)N(CC(=O)Nc2sc3c(c2C(N)=O)CCC3)C1=O. The van der Waals surface area contributed by atoms with Crippen molar-refractivity contribution < 1.29 is 19.2 Å². The maximum Gasteiger partial charge on any atom is 0.325 e. The van der Waals surface area contributed by atoms with E-state index in [2.05, 4.69) is 10.6 Å². The molecule has 1 saturated heterocycles. The summed E-state index contributed by atoms with van der Waals surface area (Å²) in [5.74, 6) is -1.47. The van der Waals surface area contributed by atoms with Crippen LogP contribution in [0.25, 0.3) is 0 Å². The van der Waals surface area contributed by atoms with Gasteiger partial charge in [0.25, 0.3) is 11.8 Å². The van der Waals surface area contributed by atoms with Gasteiger partial charge < -0.3 is 16.4 Å². The molecule has 8 nitrogen and oxygen atoms in total. The molecule has 2 heterocycles. The van der Waals surface area contributed by atoms with E-state index in [0.29, 0.717) is 22.5 Å². The summed E-state index contributed by atoms with van der Waals surface area (Å²) in [6.45, 7) is 3.50. The molecule has 1 aromatic carbocycles. The minimum atomic E-state index is -1.21. The van der Waals surface area contributed by atoms with Gasteiger partial charge in [0.15, 0.2) is 0 Å². The van der Waals surface area contributed by atoms with Crippen LogP contribution in [-0.4, -0.2) is 35.2 Å². The summed E-state index contributed by atoms with van der Waals surface area (Å²) in [6.07, 6.45) is 2.96. The summed E-state index contributed by atoms with van der Waals surface area (Å²) in [5.41, 5.74) is 6.25. The number of nitrogens with zero attached hydrogens (tertiary/aromatic N) is 1. The number of carbonyl (C=O) groups is 4. The molecule has 1 atom stereocenters. The smallest absolute Gasteiger partial charge is 0.325 e. The van der Waals surface area contributed by atoms with E-state index in [4.69, 9.17) is 5.73 Å². The van der Waals surface area contributed by atoms with E-state index in [9.17, 15) is 19.2 Å². The van der Waals surface area contributed by atoms with Crippen LogP contribution in [0.15, 0.2) is 30.3 Å². The molecule has 0 spiro atoms. The first kappa shape index (κ1) is 22.0. The van der Waals surface area contributed by atoms with Crippen molar-refractivity contribution in [3.05, 3.63) is 51.9 Å². The van der Waals surface area contributed by atoms with Gasteiger partial charge in [0.05, 0.1) is 5.56 Å². The maximum atomic E-state index is 13.4. The summed E-state index contributed by atoms with van der Waals surface area (Å²) >= 11 is 1.33. The highest BCUT2D eigenvalue weighted by Gasteiger charge is 2.52. The van der Waals surface area contributed by atoms with Crippen molar-refractivity contribution >= 4 is 40.1 Å². The molecule has 0 bridgehead atoms. The summed E-state index contributed by atoms with van der Waals surface area (Å²) in [7, 11) is 0. The third kappa shape index (κ3) is 3.77. The maximum absolute atomic E-state index is 13.4. The lowest BCUT2D eigenvalue weighted by Crippen LogP contribution is -2.45. The number of thiophene rings is 1.